The molecular formula is C8H18BO6P+. The van der Waals surface area contributed by atoms with Crippen LogP contribution in [-0.4, -0.2) is 56.5 Å². The first-order valence-electron chi connectivity index (χ1n) is 5.02. The van der Waals surface area contributed by atoms with E-state index < -0.39 is 20.4 Å². The van der Waals surface area contributed by atoms with Crippen LogP contribution in [0.5, 0.6) is 0 Å². The molecule has 8 heteroatoms. The molecule has 0 aliphatic carbocycles. The zero-order valence-corrected chi connectivity index (χ0v) is 10.4. The predicted molar refractivity (Wildman–Crippen MR) is 59.6 cm³/mol. The van der Waals surface area contributed by atoms with Gasteiger partial charge in [0.25, 0.3) is 0 Å². The molecule has 0 aliphatic heterocycles. The number of aliphatic hydroxyl groups excluding tert-OH is 2. The van der Waals surface area contributed by atoms with Gasteiger partial charge in [0.05, 0.1) is 20.3 Å². The highest BCUT2D eigenvalue weighted by atomic mass is 31.1. The van der Waals surface area contributed by atoms with Crippen LogP contribution >= 0.6 is 8.25 Å². The lowest BCUT2D eigenvalue weighted by Gasteiger charge is -2.19. The summed E-state index contributed by atoms with van der Waals surface area (Å²) in [5.74, 6) is 0. The molecule has 0 aromatic carbocycles. The van der Waals surface area contributed by atoms with E-state index >= 15 is 0 Å². The predicted octanol–water partition coefficient (Wildman–Crippen LogP) is 0.145. The number of hydrogen-bond donors (Lipinski definition) is 2. The highest BCUT2D eigenvalue weighted by Crippen LogP contribution is 2.22. The Bertz CT molecular complexity index is 193. The second-order valence-corrected chi connectivity index (χ2v) is 4.08. The van der Waals surface area contributed by atoms with E-state index in [1.54, 1.807) is 7.28 Å². The Morgan fingerprint density at radius 3 is 2.50 bits per heavy atom. The summed E-state index contributed by atoms with van der Waals surface area (Å²) in [7, 11) is 0.868. The molecule has 93 valence electrons. The summed E-state index contributed by atoms with van der Waals surface area (Å²) in [4.78, 5) is 0. The van der Waals surface area contributed by atoms with Crippen LogP contribution in [0.3, 0.4) is 0 Å². The molecule has 0 fully saturated rings. The van der Waals surface area contributed by atoms with Crippen LogP contribution in [0, 0.1) is 0 Å². The first kappa shape index (κ1) is 16.0. The number of rotatable bonds is 10. The normalized spacial score (nSPS) is 15.6. The van der Waals surface area contributed by atoms with Gasteiger partial charge in [-0.15, -0.1) is 9.05 Å². The van der Waals surface area contributed by atoms with Gasteiger partial charge < -0.3 is 14.9 Å². The molecule has 0 spiro atoms. The number of aliphatic hydroxyl groups is 2. The Morgan fingerprint density at radius 1 is 1.38 bits per heavy atom. The lowest BCUT2D eigenvalue weighted by Crippen LogP contribution is -2.34. The van der Waals surface area contributed by atoms with Crippen LogP contribution in [0.25, 0.3) is 0 Å². The number of ether oxygens (including phenoxy) is 1. The van der Waals surface area contributed by atoms with Crippen LogP contribution in [0.15, 0.2) is 0 Å². The van der Waals surface area contributed by atoms with E-state index in [1.165, 1.54) is 7.11 Å². The summed E-state index contributed by atoms with van der Waals surface area (Å²) < 4.78 is 25.3. The van der Waals surface area contributed by atoms with Crippen molar-refractivity contribution in [1.82, 2.24) is 0 Å². The summed E-state index contributed by atoms with van der Waals surface area (Å²) in [5.41, 5.74) is 0. The Labute approximate surface area is 97.1 Å². The van der Waals surface area contributed by atoms with Crippen molar-refractivity contribution in [3.05, 3.63) is 0 Å². The average Bonchev–Trinajstić information content (AvgIpc) is 2.32. The number of hydrogen-bond acceptors (Lipinski definition) is 6. The molecule has 6 nitrogen and oxygen atoms in total. The molecule has 0 rings (SSSR count). The van der Waals surface area contributed by atoms with Gasteiger partial charge in [0.1, 0.15) is 12.7 Å². The molecule has 0 aliphatic rings. The van der Waals surface area contributed by atoms with E-state index in [0.717, 1.165) is 6.32 Å². The molecule has 0 heterocycles. The third-order valence-electron chi connectivity index (χ3n) is 1.76. The molecule has 0 aromatic rings. The van der Waals surface area contributed by atoms with Gasteiger partial charge in [-0.3, -0.25) is 0 Å². The SMILES string of the molecule is CC[B]C(CO)OC(CO)CO[P+](=O)OC. The zero-order chi connectivity index (χ0) is 12.4. The summed E-state index contributed by atoms with van der Waals surface area (Å²) in [6.07, 6.45) is 0.116. The molecule has 16 heavy (non-hydrogen) atoms. The fraction of sp³-hybridized carbons (Fsp3) is 1.00. The average molecular weight is 252 g/mol. The largest absolute Gasteiger partial charge is 0.697 e. The molecule has 2 N–H and O–H groups in total. The summed E-state index contributed by atoms with van der Waals surface area (Å²) in [6.45, 7) is 1.42. The van der Waals surface area contributed by atoms with Crippen LogP contribution in [0.4, 0.5) is 0 Å². The van der Waals surface area contributed by atoms with E-state index in [4.69, 9.17) is 19.5 Å². The Balaban J connectivity index is 3.92. The van der Waals surface area contributed by atoms with Gasteiger partial charge >= 0.3 is 8.25 Å². The molecule has 0 aromatic heterocycles. The highest BCUT2D eigenvalue weighted by Gasteiger charge is 2.23. The molecule has 1 radical (unpaired) electrons. The van der Waals surface area contributed by atoms with Crippen molar-refractivity contribution < 1.29 is 28.6 Å². The fourth-order valence-electron chi connectivity index (χ4n) is 1.01. The smallest absolute Gasteiger partial charge is 0.394 e. The van der Waals surface area contributed by atoms with Crippen LogP contribution < -0.4 is 0 Å². The molecule has 3 atom stereocenters. The molecule has 0 amide bonds. The molecule has 3 unspecified atom stereocenters. The van der Waals surface area contributed by atoms with Crippen molar-refractivity contribution in [1.29, 1.82) is 0 Å². The van der Waals surface area contributed by atoms with E-state index in [1.807, 2.05) is 6.92 Å². The summed E-state index contributed by atoms with van der Waals surface area (Å²) in [6, 6.07) is -0.453. The van der Waals surface area contributed by atoms with Crippen molar-refractivity contribution in [2.24, 2.45) is 0 Å². The van der Waals surface area contributed by atoms with Crippen molar-refractivity contribution >= 4 is 15.5 Å². The van der Waals surface area contributed by atoms with Gasteiger partial charge in [0.2, 0.25) is 0 Å². The lowest BCUT2D eigenvalue weighted by molar-refractivity contribution is -0.0458. The molecule has 0 saturated heterocycles. The maximum Gasteiger partial charge on any atom is 0.697 e. The van der Waals surface area contributed by atoms with E-state index in [-0.39, 0.29) is 19.8 Å². The van der Waals surface area contributed by atoms with Crippen LogP contribution in [0.1, 0.15) is 6.92 Å². The quantitative estimate of drug-likeness (QED) is 0.425. The van der Waals surface area contributed by atoms with Crippen LogP contribution in [0.2, 0.25) is 6.32 Å². The van der Waals surface area contributed by atoms with Gasteiger partial charge in [0, 0.05) is 10.6 Å². The monoisotopic (exact) mass is 252 g/mol. The topological polar surface area (TPSA) is 85.2 Å². The van der Waals surface area contributed by atoms with E-state index in [2.05, 4.69) is 4.52 Å². The van der Waals surface area contributed by atoms with Crippen molar-refractivity contribution in [3.8, 4) is 0 Å². The van der Waals surface area contributed by atoms with Gasteiger partial charge in [-0.1, -0.05) is 13.2 Å². The lowest BCUT2D eigenvalue weighted by atomic mass is 9.69. The zero-order valence-electron chi connectivity index (χ0n) is 9.54. The summed E-state index contributed by atoms with van der Waals surface area (Å²) >= 11 is 0. The third-order valence-corrected chi connectivity index (χ3v) is 2.42. The Kier molecular flexibility index (Phi) is 10.1. The maximum atomic E-state index is 10.8. The van der Waals surface area contributed by atoms with Crippen LogP contribution in [-0.2, 0) is 18.3 Å². The Hall–Kier alpha value is -0.0351. The van der Waals surface area contributed by atoms with Gasteiger partial charge in [0.15, 0.2) is 7.28 Å². The molecule has 0 saturated carbocycles. The van der Waals surface area contributed by atoms with E-state index in [0.29, 0.717) is 0 Å². The second kappa shape index (κ2) is 10.1. The van der Waals surface area contributed by atoms with Gasteiger partial charge in [-0.2, -0.15) is 0 Å². The van der Waals surface area contributed by atoms with Crippen molar-refractivity contribution in [3.63, 3.8) is 0 Å². The maximum absolute atomic E-state index is 10.8. The van der Waals surface area contributed by atoms with Gasteiger partial charge in [-0.05, 0) is 0 Å². The fourth-order valence-corrected chi connectivity index (χ4v) is 1.41. The second-order valence-electron chi connectivity index (χ2n) is 3.01. The van der Waals surface area contributed by atoms with E-state index in [9.17, 15) is 4.57 Å². The minimum atomic E-state index is -2.17. The minimum Gasteiger partial charge on any atom is -0.394 e. The molecular weight excluding hydrogens is 234 g/mol. The first-order chi connectivity index (χ1) is 7.67. The molecule has 0 bridgehead atoms. The minimum absolute atomic E-state index is 0.0480. The first-order valence-corrected chi connectivity index (χ1v) is 6.12. The summed E-state index contributed by atoms with van der Waals surface area (Å²) in [5, 5.41) is 18.0. The third kappa shape index (κ3) is 7.27. The standard InChI is InChI=1S/C8H18BO6P/c1-3-9-8(5-11)15-7(4-10)6-14-16(12)13-2/h7-8,10-11H,3-6H2,1-2H3/q+1. The van der Waals surface area contributed by atoms with Gasteiger partial charge in [-0.25, -0.2) is 0 Å². The highest BCUT2D eigenvalue weighted by molar-refractivity contribution is 7.33. The Morgan fingerprint density at radius 2 is 2.06 bits per heavy atom. The van der Waals surface area contributed by atoms with Crippen molar-refractivity contribution in [2.45, 2.75) is 25.4 Å². The van der Waals surface area contributed by atoms with Crippen molar-refractivity contribution in [2.75, 3.05) is 26.9 Å².